The average molecular weight is 342 g/mol. The molecule has 0 saturated heterocycles. The van der Waals surface area contributed by atoms with Gasteiger partial charge in [0.25, 0.3) is 0 Å². The van der Waals surface area contributed by atoms with Crippen molar-refractivity contribution < 1.29 is 9.53 Å². The topological polar surface area (TPSA) is 59.4 Å². The van der Waals surface area contributed by atoms with Gasteiger partial charge in [-0.25, -0.2) is 0 Å². The predicted molar refractivity (Wildman–Crippen MR) is 96.1 cm³/mol. The highest BCUT2D eigenvalue weighted by Crippen LogP contribution is 2.18. The first kappa shape index (κ1) is 17.5. The SMILES string of the molecule is CCCOc1ccc(CN2CCn3nc(CNC(C)=O)cc3C2)cc1. The van der Waals surface area contributed by atoms with Crippen molar-refractivity contribution in [2.45, 2.75) is 46.4 Å². The molecular weight excluding hydrogens is 316 g/mol. The molecule has 1 aliphatic heterocycles. The third-order valence-corrected chi connectivity index (χ3v) is 4.25. The van der Waals surface area contributed by atoms with E-state index in [0.717, 1.165) is 50.7 Å². The van der Waals surface area contributed by atoms with Crippen LogP contribution in [0, 0.1) is 0 Å². The van der Waals surface area contributed by atoms with Gasteiger partial charge in [-0.15, -0.1) is 0 Å². The van der Waals surface area contributed by atoms with Crippen LogP contribution in [0.2, 0.25) is 0 Å². The van der Waals surface area contributed by atoms with Crippen LogP contribution >= 0.6 is 0 Å². The number of hydrogen-bond donors (Lipinski definition) is 1. The van der Waals surface area contributed by atoms with Crippen molar-refractivity contribution in [3.63, 3.8) is 0 Å². The lowest BCUT2D eigenvalue weighted by Crippen LogP contribution is -2.33. The van der Waals surface area contributed by atoms with Gasteiger partial charge in [0.05, 0.1) is 31.1 Å². The van der Waals surface area contributed by atoms with Crippen molar-refractivity contribution >= 4 is 5.91 Å². The molecule has 0 fully saturated rings. The van der Waals surface area contributed by atoms with Gasteiger partial charge in [0.2, 0.25) is 5.91 Å². The molecule has 1 aliphatic rings. The number of rotatable bonds is 7. The molecule has 1 N–H and O–H groups in total. The van der Waals surface area contributed by atoms with Gasteiger partial charge in [-0.05, 0) is 30.2 Å². The molecule has 1 amide bonds. The quantitative estimate of drug-likeness (QED) is 0.839. The van der Waals surface area contributed by atoms with Gasteiger partial charge in [0.1, 0.15) is 5.75 Å². The molecule has 0 radical (unpaired) electrons. The zero-order valence-corrected chi connectivity index (χ0v) is 15.0. The van der Waals surface area contributed by atoms with Gasteiger partial charge >= 0.3 is 0 Å². The fraction of sp³-hybridized carbons (Fsp3) is 0.474. The van der Waals surface area contributed by atoms with Gasteiger partial charge in [0.15, 0.2) is 0 Å². The molecule has 6 nitrogen and oxygen atoms in total. The lowest BCUT2D eigenvalue weighted by molar-refractivity contribution is -0.119. The van der Waals surface area contributed by atoms with Crippen molar-refractivity contribution in [3.05, 3.63) is 47.3 Å². The molecule has 6 heteroatoms. The molecule has 0 unspecified atom stereocenters. The summed E-state index contributed by atoms with van der Waals surface area (Å²) in [4.78, 5) is 13.5. The first-order valence-electron chi connectivity index (χ1n) is 8.88. The van der Waals surface area contributed by atoms with Crippen molar-refractivity contribution in [2.24, 2.45) is 0 Å². The Hall–Kier alpha value is -2.34. The molecule has 0 aliphatic carbocycles. The van der Waals surface area contributed by atoms with Gasteiger partial charge in [-0.1, -0.05) is 19.1 Å². The minimum absolute atomic E-state index is 0.0287. The van der Waals surface area contributed by atoms with E-state index in [1.807, 2.05) is 12.1 Å². The number of ether oxygens (including phenoxy) is 1. The molecule has 25 heavy (non-hydrogen) atoms. The monoisotopic (exact) mass is 342 g/mol. The smallest absolute Gasteiger partial charge is 0.217 e. The van der Waals surface area contributed by atoms with Crippen LogP contribution in [-0.2, 0) is 31.0 Å². The van der Waals surface area contributed by atoms with Crippen LogP contribution in [0.5, 0.6) is 5.75 Å². The molecule has 134 valence electrons. The number of nitrogens with zero attached hydrogens (tertiary/aromatic N) is 3. The predicted octanol–water partition coefficient (Wildman–Crippen LogP) is 2.32. The van der Waals surface area contributed by atoms with Crippen molar-refractivity contribution in [1.29, 1.82) is 0 Å². The van der Waals surface area contributed by atoms with Crippen LogP contribution in [0.3, 0.4) is 0 Å². The van der Waals surface area contributed by atoms with E-state index in [9.17, 15) is 4.79 Å². The molecular formula is C19H26N4O2. The Morgan fingerprint density at radius 1 is 1.28 bits per heavy atom. The first-order valence-corrected chi connectivity index (χ1v) is 8.88. The zero-order valence-electron chi connectivity index (χ0n) is 15.0. The summed E-state index contributed by atoms with van der Waals surface area (Å²) >= 11 is 0. The van der Waals surface area contributed by atoms with Crippen LogP contribution < -0.4 is 10.1 Å². The van der Waals surface area contributed by atoms with Gasteiger partial charge < -0.3 is 10.1 Å². The van der Waals surface area contributed by atoms with Gasteiger partial charge in [-0.2, -0.15) is 5.10 Å². The van der Waals surface area contributed by atoms with Crippen molar-refractivity contribution in [1.82, 2.24) is 20.0 Å². The van der Waals surface area contributed by atoms with Gasteiger partial charge in [-0.3, -0.25) is 14.4 Å². The molecule has 0 saturated carbocycles. The molecule has 0 atom stereocenters. The van der Waals surface area contributed by atoms with E-state index in [2.05, 4.69) is 45.1 Å². The summed E-state index contributed by atoms with van der Waals surface area (Å²) in [6, 6.07) is 10.5. The number of carbonyl (C=O) groups excluding carboxylic acids is 1. The Bertz CT molecular complexity index is 709. The summed E-state index contributed by atoms with van der Waals surface area (Å²) in [5, 5.41) is 7.36. The number of nitrogens with one attached hydrogen (secondary N) is 1. The number of benzene rings is 1. The van der Waals surface area contributed by atoms with Gasteiger partial charge in [0, 0.05) is 26.6 Å². The molecule has 1 aromatic carbocycles. The molecule has 0 bridgehead atoms. The second kappa shape index (κ2) is 8.16. The van der Waals surface area contributed by atoms with E-state index in [1.165, 1.54) is 18.2 Å². The van der Waals surface area contributed by atoms with Crippen LogP contribution in [0.1, 0.15) is 37.2 Å². The Balaban J connectivity index is 1.56. The van der Waals surface area contributed by atoms with E-state index in [4.69, 9.17) is 4.74 Å². The highest BCUT2D eigenvalue weighted by Gasteiger charge is 2.18. The highest BCUT2D eigenvalue weighted by atomic mass is 16.5. The maximum atomic E-state index is 11.0. The molecule has 0 spiro atoms. The Morgan fingerprint density at radius 2 is 2.08 bits per heavy atom. The number of hydrogen-bond acceptors (Lipinski definition) is 4. The van der Waals surface area contributed by atoms with Crippen LogP contribution in [0.15, 0.2) is 30.3 Å². The molecule has 3 rings (SSSR count). The van der Waals surface area contributed by atoms with E-state index < -0.39 is 0 Å². The molecule has 2 aromatic rings. The van der Waals surface area contributed by atoms with Crippen LogP contribution in [-0.4, -0.2) is 33.7 Å². The number of amides is 1. The number of aromatic nitrogens is 2. The summed E-state index contributed by atoms with van der Waals surface area (Å²) in [6.07, 6.45) is 1.02. The normalized spacial score (nSPS) is 14.2. The lowest BCUT2D eigenvalue weighted by Gasteiger charge is -2.27. The largest absolute Gasteiger partial charge is 0.494 e. The van der Waals surface area contributed by atoms with Crippen LogP contribution in [0.4, 0.5) is 0 Å². The zero-order chi connectivity index (χ0) is 17.6. The second-order valence-corrected chi connectivity index (χ2v) is 6.46. The molecule has 2 heterocycles. The number of carbonyl (C=O) groups is 1. The summed E-state index contributed by atoms with van der Waals surface area (Å²) in [5.74, 6) is 0.906. The standard InChI is InChI=1S/C19H26N4O2/c1-3-10-25-19-6-4-16(5-7-19)13-22-8-9-23-18(14-22)11-17(21-23)12-20-15(2)24/h4-7,11H,3,8-10,12-14H2,1-2H3,(H,20,24). The summed E-state index contributed by atoms with van der Waals surface area (Å²) in [7, 11) is 0. The minimum Gasteiger partial charge on any atom is -0.494 e. The summed E-state index contributed by atoms with van der Waals surface area (Å²) in [5.41, 5.74) is 3.41. The van der Waals surface area contributed by atoms with Crippen LogP contribution in [0.25, 0.3) is 0 Å². The van der Waals surface area contributed by atoms with E-state index in [-0.39, 0.29) is 5.91 Å². The number of fused-ring (bicyclic) bond motifs is 1. The maximum Gasteiger partial charge on any atom is 0.217 e. The molecule has 1 aromatic heterocycles. The second-order valence-electron chi connectivity index (χ2n) is 6.46. The highest BCUT2D eigenvalue weighted by molar-refractivity contribution is 5.72. The summed E-state index contributed by atoms with van der Waals surface area (Å²) in [6.45, 7) is 8.54. The fourth-order valence-electron chi connectivity index (χ4n) is 2.99. The maximum absolute atomic E-state index is 11.0. The van der Waals surface area contributed by atoms with Crippen molar-refractivity contribution in [3.8, 4) is 5.75 Å². The van der Waals surface area contributed by atoms with E-state index in [0.29, 0.717) is 6.54 Å². The fourth-order valence-corrected chi connectivity index (χ4v) is 2.99. The lowest BCUT2D eigenvalue weighted by atomic mass is 10.2. The summed E-state index contributed by atoms with van der Waals surface area (Å²) < 4.78 is 7.68. The van der Waals surface area contributed by atoms with E-state index >= 15 is 0 Å². The first-order chi connectivity index (χ1) is 12.1. The Kier molecular flexibility index (Phi) is 5.71. The Labute approximate surface area is 148 Å². The minimum atomic E-state index is -0.0287. The Morgan fingerprint density at radius 3 is 2.80 bits per heavy atom. The van der Waals surface area contributed by atoms with Crippen molar-refractivity contribution in [2.75, 3.05) is 13.2 Å². The third kappa shape index (κ3) is 4.82. The third-order valence-electron chi connectivity index (χ3n) is 4.25. The van der Waals surface area contributed by atoms with E-state index in [1.54, 1.807) is 0 Å². The average Bonchev–Trinajstić information content (AvgIpc) is 3.01.